The van der Waals surface area contributed by atoms with Crippen molar-refractivity contribution in [2.75, 3.05) is 0 Å². The fourth-order valence-electron chi connectivity index (χ4n) is 3.67. The second-order valence-electron chi connectivity index (χ2n) is 7.04. The molecule has 1 atom stereocenters. The van der Waals surface area contributed by atoms with Gasteiger partial charge in [-0.3, -0.25) is 0 Å². The lowest BCUT2D eigenvalue weighted by Crippen LogP contribution is -2.05. The van der Waals surface area contributed by atoms with Crippen molar-refractivity contribution in [2.24, 2.45) is 0 Å². The molecule has 0 saturated heterocycles. The Bertz CT molecular complexity index is 719. The third-order valence-corrected chi connectivity index (χ3v) is 5.27. The van der Waals surface area contributed by atoms with Gasteiger partial charge in [0, 0.05) is 5.92 Å². The summed E-state index contributed by atoms with van der Waals surface area (Å²) in [7, 11) is 0. The summed E-state index contributed by atoms with van der Waals surface area (Å²) >= 11 is 0. The molecule has 0 saturated carbocycles. The van der Waals surface area contributed by atoms with Gasteiger partial charge in [0.1, 0.15) is 0 Å². The van der Waals surface area contributed by atoms with Crippen LogP contribution in [0.25, 0.3) is 0 Å². The maximum Gasteiger partial charge on any atom is 0.00610 e. The van der Waals surface area contributed by atoms with Gasteiger partial charge in [-0.05, 0) is 47.4 Å². The van der Waals surface area contributed by atoms with Crippen molar-refractivity contribution in [1.29, 1.82) is 0 Å². The van der Waals surface area contributed by atoms with Crippen LogP contribution in [0, 0.1) is 0 Å². The molecule has 1 aliphatic carbocycles. The summed E-state index contributed by atoms with van der Waals surface area (Å²) < 4.78 is 0. The standard InChI is InChI=1S/C14H14.C11H14/c1-12(13-8-4-2-5-9-13)14-10-6-3-7-11-14;1-9-5-4-7-10-6-2-3-8-11(9)10/h2-12H,1H3;2-3,6,8-9H,4-5,7H2,1H3. The third-order valence-electron chi connectivity index (χ3n) is 5.27. The van der Waals surface area contributed by atoms with Crippen LogP contribution in [0.2, 0.25) is 0 Å². The highest BCUT2D eigenvalue weighted by molar-refractivity contribution is 5.32. The largest absolute Gasteiger partial charge is 0.0622 e. The lowest BCUT2D eigenvalue weighted by Gasteiger charge is -2.21. The number of hydrogen-bond acceptors (Lipinski definition) is 0. The van der Waals surface area contributed by atoms with E-state index in [1.165, 1.54) is 30.4 Å². The van der Waals surface area contributed by atoms with Crippen molar-refractivity contribution in [3.63, 3.8) is 0 Å². The maximum atomic E-state index is 2.33. The van der Waals surface area contributed by atoms with Crippen molar-refractivity contribution in [2.45, 2.75) is 44.9 Å². The molecule has 0 radical (unpaired) electrons. The molecule has 1 aliphatic rings. The number of rotatable bonds is 2. The van der Waals surface area contributed by atoms with Gasteiger partial charge >= 0.3 is 0 Å². The highest BCUT2D eigenvalue weighted by Gasteiger charge is 2.14. The van der Waals surface area contributed by atoms with Gasteiger partial charge in [-0.1, -0.05) is 98.8 Å². The van der Waals surface area contributed by atoms with Crippen molar-refractivity contribution >= 4 is 0 Å². The van der Waals surface area contributed by atoms with E-state index < -0.39 is 0 Å². The summed E-state index contributed by atoms with van der Waals surface area (Å²) in [6, 6.07) is 30.0. The average molecular weight is 328 g/mol. The first-order chi connectivity index (χ1) is 12.3. The van der Waals surface area contributed by atoms with Crippen LogP contribution in [0.3, 0.4) is 0 Å². The third kappa shape index (κ3) is 4.60. The van der Waals surface area contributed by atoms with Crippen molar-refractivity contribution < 1.29 is 0 Å². The molecule has 0 bridgehead atoms. The molecule has 0 heterocycles. The molecule has 0 heteroatoms. The van der Waals surface area contributed by atoms with Crippen LogP contribution in [0.4, 0.5) is 0 Å². The Balaban J connectivity index is 0.000000150. The van der Waals surface area contributed by atoms with E-state index in [9.17, 15) is 0 Å². The first-order valence-electron chi connectivity index (χ1n) is 9.43. The highest BCUT2D eigenvalue weighted by atomic mass is 14.2. The maximum absolute atomic E-state index is 2.33. The van der Waals surface area contributed by atoms with Crippen LogP contribution in [-0.2, 0) is 6.42 Å². The molecule has 0 aliphatic heterocycles. The Labute approximate surface area is 152 Å². The number of hydrogen-bond donors (Lipinski definition) is 0. The molecule has 0 aromatic heterocycles. The van der Waals surface area contributed by atoms with E-state index in [-0.39, 0.29) is 0 Å². The van der Waals surface area contributed by atoms with Crippen LogP contribution in [-0.4, -0.2) is 0 Å². The number of benzene rings is 3. The van der Waals surface area contributed by atoms with Gasteiger partial charge in [0.15, 0.2) is 0 Å². The lowest BCUT2D eigenvalue weighted by atomic mass is 9.84. The Hall–Kier alpha value is -2.34. The molecule has 3 aromatic rings. The zero-order valence-corrected chi connectivity index (χ0v) is 15.4. The second kappa shape index (κ2) is 8.67. The first kappa shape index (κ1) is 17.5. The summed E-state index contributed by atoms with van der Waals surface area (Å²) in [4.78, 5) is 0. The molecule has 0 spiro atoms. The van der Waals surface area contributed by atoms with Crippen molar-refractivity contribution in [3.8, 4) is 0 Å². The Morgan fingerprint density at radius 1 is 0.720 bits per heavy atom. The number of aryl methyl sites for hydroxylation is 1. The van der Waals surface area contributed by atoms with E-state index in [0.29, 0.717) is 5.92 Å². The molecule has 0 amide bonds. The molecule has 1 unspecified atom stereocenters. The highest BCUT2D eigenvalue weighted by Crippen LogP contribution is 2.30. The molecule has 0 nitrogen and oxygen atoms in total. The zero-order chi connectivity index (χ0) is 17.5. The fourth-order valence-corrected chi connectivity index (χ4v) is 3.67. The van der Waals surface area contributed by atoms with Crippen LogP contribution in [0.5, 0.6) is 0 Å². The Kier molecular flexibility index (Phi) is 6.06. The summed E-state index contributed by atoms with van der Waals surface area (Å²) in [6.45, 7) is 4.57. The molecular formula is C25H28. The van der Waals surface area contributed by atoms with Crippen molar-refractivity contribution in [3.05, 3.63) is 107 Å². The van der Waals surface area contributed by atoms with E-state index in [0.717, 1.165) is 5.92 Å². The molecule has 25 heavy (non-hydrogen) atoms. The minimum absolute atomic E-state index is 0.484. The quantitative estimate of drug-likeness (QED) is 0.477. The van der Waals surface area contributed by atoms with Crippen molar-refractivity contribution in [1.82, 2.24) is 0 Å². The molecule has 4 rings (SSSR count). The van der Waals surface area contributed by atoms with E-state index in [2.05, 4.69) is 98.8 Å². The minimum atomic E-state index is 0.484. The minimum Gasteiger partial charge on any atom is -0.0622 e. The Morgan fingerprint density at radius 2 is 1.24 bits per heavy atom. The van der Waals surface area contributed by atoms with E-state index in [4.69, 9.17) is 0 Å². The van der Waals surface area contributed by atoms with Gasteiger partial charge in [-0.15, -0.1) is 0 Å². The van der Waals surface area contributed by atoms with Gasteiger partial charge in [-0.25, -0.2) is 0 Å². The van der Waals surface area contributed by atoms with Gasteiger partial charge in [0.2, 0.25) is 0 Å². The monoisotopic (exact) mass is 328 g/mol. The van der Waals surface area contributed by atoms with Gasteiger partial charge in [0.25, 0.3) is 0 Å². The van der Waals surface area contributed by atoms with E-state index in [1.54, 1.807) is 11.1 Å². The first-order valence-corrected chi connectivity index (χ1v) is 9.43. The van der Waals surface area contributed by atoms with Gasteiger partial charge in [-0.2, -0.15) is 0 Å². The summed E-state index contributed by atoms with van der Waals surface area (Å²) in [5.41, 5.74) is 5.91. The SMILES string of the molecule is CC(c1ccccc1)c1ccccc1.CC1CCCc2ccccc21. The fraction of sp³-hybridized carbons (Fsp3) is 0.280. The smallest absolute Gasteiger partial charge is 0.00610 e. The van der Waals surface area contributed by atoms with E-state index in [1.807, 2.05) is 0 Å². The molecule has 0 N–H and O–H groups in total. The van der Waals surface area contributed by atoms with Crippen LogP contribution < -0.4 is 0 Å². The second-order valence-corrected chi connectivity index (χ2v) is 7.04. The lowest BCUT2D eigenvalue weighted by molar-refractivity contribution is 0.590. The average Bonchev–Trinajstić information content (AvgIpc) is 2.70. The molecule has 128 valence electrons. The van der Waals surface area contributed by atoms with E-state index >= 15 is 0 Å². The molecule has 3 aromatic carbocycles. The summed E-state index contributed by atoms with van der Waals surface area (Å²) in [5.74, 6) is 1.28. The topological polar surface area (TPSA) is 0 Å². The molecule has 0 fully saturated rings. The normalized spacial score (nSPS) is 15.9. The van der Waals surface area contributed by atoms with Gasteiger partial charge in [0.05, 0.1) is 0 Å². The molecular weight excluding hydrogens is 300 g/mol. The predicted molar refractivity (Wildman–Crippen MR) is 108 cm³/mol. The van der Waals surface area contributed by atoms with Crippen LogP contribution in [0.15, 0.2) is 84.9 Å². The summed E-state index contributed by atoms with van der Waals surface area (Å²) in [6.07, 6.45) is 4.04. The van der Waals surface area contributed by atoms with Gasteiger partial charge < -0.3 is 0 Å². The Morgan fingerprint density at radius 3 is 1.80 bits per heavy atom. The van der Waals surface area contributed by atoms with Crippen LogP contribution >= 0.6 is 0 Å². The number of fused-ring (bicyclic) bond motifs is 1. The van der Waals surface area contributed by atoms with Crippen LogP contribution in [0.1, 0.15) is 60.8 Å². The zero-order valence-electron chi connectivity index (χ0n) is 15.4. The summed E-state index contributed by atoms with van der Waals surface area (Å²) in [5, 5.41) is 0. The predicted octanol–water partition coefficient (Wildman–Crippen LogP) is 6.96.